The second-order valence-electron chi connectivity index (χ2n) is 5.26. The minimum absolute atomic E-state index is 0.394. The maximum absolute atomic E-state index is 11.9. The van der Waals surface area contributed by atoms with E-state index in [1.807, 2.05) is 54.6 Å². The normalized spacial score (nSPS) is 11.0. The van der Waals surface area contributed by atoms with Gasteiger partial charge < -0.3 is 5.73 Å². The van der Waals surface area contributed by atoms with Gasteiger partial charge >= 0.3 is 0 Å². The fourth-order valence-electron chi connectivity index (χ4n) is 2.85. The van der Waals surface area contributed by atoms with Gasteiger partial charge in [0, 0.05) is 5.80 Å². The number of amides is 1. The van der Waals surface area contributed by atoms with Crippen molar-refractivity contribution in [3.8, 4) is 0 Å². The molecule has 0 aromatic heterocycles. The number of carbonyl (C=O) groups is 1. The van der Waals surface area contributed by atoms with Gasteiger partial charge in [-0.15, -0.1) is 0 Å². The van der Waals surface area contributed by atoms with Crippen LogP contribution in [0.3, 0.4) is 0 Å². The van der Waals surface area contributed by atoms with E-state index in [0.29, 0.717) is 0 Å². The topological polar surface area (TPSA) is 43.1 Å². The number of hydrogen-bond donors (Lipinski definition) is 1. The van der Waals surface area contributed by atoms with E-state index in [9.17, 15) is 4.79 Å². The lowest BCUT2D eigenvalue weighted by atomic mass is 10.4. The molecule has 2 N–H and O–H groups in total. The molecule has 0 aliphatic heterocycles. The van der Waals surface area contributed by atoms with Crippen molar-refractivity contribution in [2.24, 2.45) is 5.73 Å². The summed E-state index contributed by atoms with van der Waals surface area (Å²) >= 11 is 0. The molecule has 0 fully saturated rings. The van der Waals surface area contributed by atoms with E-state index in [-0.39, 0.29) is 0 Å². The third kappa shape index (κ3) is 2.99. The minimum Gasteiger partial charge on any atom is -0.366 e. The van der Waals surface area contributed by atoms with Crippen LogP contribution in [0.5, 0.6) is 0 Å². The number of benzene rings is 3. The van der Waals surface area contributed by atoms with Crippen molar-refractivity contribution >= 4 is 34.5 Å². The van der Waals surface area contributed by atoms with E-state index in [2.05, 4.69) is 36.4 Å². The largest absolute Gasteiger partial charge is 0.366 e. The third-order valence-corrected chi connectivity index (χ3v) is 7.79. The number of rotatable bonds is 4. The summed E-state index contributed by atoms with van der Waals surface area (Å²) in [4.78, 5) is 11.9. The van der Waals surface area contributed by atoms with Gasteiger partial charge in [-0.2, -0.15) is 0 Å². The summed E-state index contributed by atoms with van der Waals surface area (Å²) in [6, 6.07) is 30.4. The molecule has 114 valence electrons. The Morgan fingerprint density at radius 3 is 1.22 bits per heavy atom. The van der Waals surface area contributed by atoms with Crippen LogP contribution in [0.2, 0.25) is 0 Å². The summed E-state index contributed by atoms with van der Waals surface area (Å²) in [6.07, 6.45) is 0. The summed E-state index contributed by atoms with van der Waals surface area (Å²) in [6.45, 7) is -2.21. The lowest BCUT2D eigenvalue weighted by Gasteiger charge is -2.28. The molecule has 0 atom stereocenters. The highest BCUT2D eigenvalue weighted by Gasteiger charge is 2.25. The van der Waals surface area contributed by atoms with Crippen LogP contribution >= 0.6 is 6.89 Å². The van der Waals surface area contributed by atoms with Crippen molar-refractivity contribution in [3.05, 3.63) is 91.0 Å². The second kappa shape index (κ2) is 6.68. The summed E-state index contributed by atoms with van der Waals surface area (Å²) in [5.74, 6) is 1.32. The molecule has 0 saturated carbocycles. The van der Waals surface area contributed by atoms with Crippen LogP contribution in [0.25, 0.3) is 0 Å². The van der Waals surface area contributed by atoms with E-state index in [1.54, 1.807) is 5.80 Å². The smallest absolute Gasteiger partial charge is 0.242 e. The first-order valence-corrected chi connectivity index (χ1v) is 9.30. The molecule has 0 bridgehead atoms. The molecular formula is C20H18NOP. The molecule has 3 aromatic carbocycles. The van der Waals surface area contributed by atoms with Crippen LogP contribution in [-0.2, 0) is 4.79 Å². The Balaban J connectivity index is 2.43. The molecule has 0 unspecified atom stereocenters. The number of carbonyl (C=O) groups excluding carboxylic acids is 1. The van der Waals surface area contributed by atoms with Crippen molar-refractivity contribution in [2.75, 3.05) is 0 Å². The first kappa shape index (κ1) is 15.3. The summed E-state index contributed by atoms with van der Waals surface area (Å²) < 4.78 is 0. The Morgan fingerprint density at radius 1 is 0.652 bits per heavy atom. The van der Waals surface area contributed by atoms with Gasteiger partial charge in [0.05, 0.1) is 0 Å². The predicted octanol–water partition coefficient (Wildman–Crippen LogP) is 2.27. The van der Waals surface area contributed by atoms with Crippen molar-refractivity contribution in [1.29, 1.82) is 0 Å². The van der Waals surface area contributed by atoms with E-state index in [0.717, 1.165) is 15.9 Å². The zero-order valence-electron chi connectivity index (χ0n) is 12.7. The Morgan fingerprint density at radius 2 is 0.957 bits per heavy atom. The molecule has 0 aliphatic rings. The van der Waals surface area contributed by atoms with E-state index in [1.165, 1.54) is 0 Å². The fraction of sp³-hybridized carbons (Fsp3) is 0. The van der Waals surface area contributed by atoms with Gasteiger partial charge in [0.25, 0.3) is 0 Å². The molecule has 0 heterocycles. The third-order valence-electron chi connectivity index (χ3n) is 3.81. The molecule has 2 nitrogen and oxygen atoms in total. The van der Waals surface area contributed by atoms with Gasteiger partial charge in [-0.05, 0) is 22.8 Å². The van der Waals surface area contributed by atoms with Crippen LogP contribution < -0.4 is 21.6 Å². The van der Waals surface area contributed by atoms with Gasteiger partial charge in [0.15, 0.2) is 0 Å². The number of hydrogen-bond acceptors (Lipinski definition) is 1. The van der Waals surface area contributed by atoms with E-state index in [4.69, 9.17) is 5.73 Å². The van der Waals surface area contributed by atoms with Crippen LogP contribution in [0, 0.1) is 0 Å². The molecule has 0 saturated heterocycles. The van der Waals surface area contributed by atoms with Crippen LogP contribution in [0.4, 0.5) is 0 Å². The standard InChI is InChI=1S/C20H18NOP/c21-20(22)16-23(17-10-4-1-5-11-17,18-12-6-2-7-13-18)19-14-8-3-9-15-19/h1-16H,(H2,21,22). The monoisotopic (exact) mass is 319 g/mol. The summed E-state index contributed by atoms with van der Waals surface area (Å²) in [7, 11) is 0. The molecule has 0 spiro atoms. The lowest BCUT2D eigenvalue weighted by molar-refractivity contribution is -0.111. The zero-order chi connectivity index (χ0) is 16.1. The molecule has 3 rings (SSSR count). The van der Waals surface area contributed by atoms with Gasteiger partial charge in [0.2, 0.25) is 5.91 Å². The molecule has 1 amide bonds. The maximum Gasteiger partial charge on any atom is 0.242 e. The summed E-state index contributed by atoms with van der Waals surface area (Å²) in [5, 5.41) is 3.36. The van der Waals surface area contributed by atoms with Gasteiger partial charge in [-0.1, -0.05) is 91.0 Å². The van der Waals surface area contributed by atoms with Crippen LogP contribution in [0.15, 0.2) is 91.0 Å². The van der Waals surface area contributed by atoms with Crippen molar-refractivity contribution in [2.45, 2.75) is 0 Å². The first-order chi connectivity index (χ1) is 11.2. The summed E-state index contributed by atoms with van der Waals surface area (Å²) in [5.41, 5.74) is 5.62. The highest BCUT2D eigenvalue weighted by molar-refractivity contribution is 7.95. The Hall–Kier alpha value is -2.57. The molecular weight excluding hydrogens is 301 g/mol. The van der Waals surface area contributed by atoms with Crippen molar-refractivity contribution in [1.82, 2.24) is 0 Å². The van der Waals surface area contributed by atoms with E-state index >= 15 is 0 Å². The number of nitrogens with two attached hydrogens (primary N) is 1. The van der Waals surface area contributed by atoms with Crippen molar-refractivity contribution < 1.29 is 4.79 Å². The quantitative estimate of drug-likeness (QED) is 0.737. The highest BCUT2D eigenvalue weighted by Crippen LogP contribution is 2.43. The Bertz CT molecular complexity index is 739. The Labute approximate surface area is 136 Å². The van der Waals surface area contributed by atoms with Crippen LogP contribution in [-0.4, -0.2) is 11.7 Å². The fourth-order valence-corrected chi connectivity index (χ4v) is 6.50. The van der Waals surface area contributed by atoms with Crippen molar-refractivity contribution in [3.63, 3.8) is 0 Å². The zero-order valence-corrected chi connectivity index (χ0v) is 13.6. The van der Waals surface area contributed by atoms with Crippen LogP contribution in [0.1, 0.15) is 0 Å². The van der Waals surface area contributed by atoms with Gasteiger partial charge in [-0.3, -0.25) is 4.79 Å². The highest BCUT2D eigenvalue weighted by atomic mass is 31.2. The van der Waals surface area contributed by atoms with E-state index < -0.39 is 12.8 Å². The maximum atomic E-state index is 11.9. The van der Waals surface area contributed by atoms with Gasteiger partial charge in [-0.25, -0.2) is 0 Å². The number of primary amides is 1. The molecule has 0 radical (unpaired) electrons. The molecule has 3 heteroatoms. The minimum atomic E-state index is -2.21. The average molecular weight is 319 g/mol. The first-order valence-electron chi connectivity index (χ1n) is 7.44. The van der Waals surface area contributed by atoms with Gasteiger partial charge in [0.1, 0.15) is 0 Å². The average Bonchev–Trinajstić information content (AvgIpc) is 2.62. The molecule has 23 heavy (non-hydrogen) atoms. The molecule has 3 aromatic rings. The predicted molar refractivity (Wildman–Crippen MR) is 100 cm³/mol. The second-order valence-corrected chi connectivity index (χ2v) is 8.51. The Kier molecular flexibility index (Phi) is 4.45. The lowest BCUT2D eigenvalue weighted by Crippen LogP contribution is -2.30. The molecule has 0 aliphatic carbocycles. The SMILES string of the molecule is NC(=O)C=P(c1ccccc1)(c1ccccc1)c1ccccc1.